The molecule has 5 nitrogen and oxygen atoms in total. The van der Waals surface area contributed by atoms with Crippen molar-refractivity contribution in [1.29, 1.82) is 0 Å². The molecule has 20 heavy (non-hydrogen) atoms. The van der Waals surface area contributed by atoms with Crippen LogP contribution in [0.5, 0.6) is 0 Å². The molecule has 0 saturated carbocycles. The lowest BCUT2D eigenvalue weighted by molar-refractivity contribution is 0.0654. The molecular formula is C15H18N4O. The van der Waals surface area contributed by atoms with E-state index in [1.807, 2.05) is 35.2 Å². The van der Waals surface area contributed by atoms with Gasteiger partial charge in [-0.05, 0) is 24.1 Å². The Morgan fingerprint density at radius 1 is 1.30 bits per heavy atom. The summed E-state index contributed by atoms with van der Waals surface area (Å²) in [6, 6.07) is 9.51. The van der Waals surface area contributed by atoms with Gasteiger partial charge in [0, 0.05) is 18.4 Å². The van der Waals surface area contributed by atoms with Crippen LogP contribution in [0, 0.1) is 5.92 Å². The van der Waals surface area contributed by atoms with Gasteiger partial charge in [-0.2, -0.15) is 5.10 Å². The molecule has 0 spiro atoms. The van der Waals surface area contributed by atoms with Crippen LogP contribution in [0.3, 0.4) is 0 Å². The van der Waals surface area contributed by atoms with E-state index in [1.165, 1.54) is 0 Å². The Kier molecular flexibility index (Phi) is 3.18. The van der Waals surface area contributed by atoms with Crippen LogP contribution >= 0.6 is 0 Å². The third kappa shape index (κ3) is 2.15. The molecule has 1 aromatic carbocycles. The summed E-state index contributed by atoms with van der Waals surface area (Å²) < 4.78 is 0. The van der Waals surface area contributed by atoms with Crippen molar-refractivity contribution >= 4 is 11.6 Å². The van der Waals surface area contributed by atoms with E-state index in [1.54, 1.807) is 6.20 Å². The van der Waals surface area contributed by atoms with Gasteiger partial charge in [0.2, 0.25) is 0 Å². The van der Waals surface area contributed by atoms with Crippen LogP contribution in [0.2, 0.25) is 0 Å². The number of hydrogen-bond acceptors (Lipinski definition) is 3. The van der Waals surface area contributed by atoms with Gasteiger partial charge in [-0.25, -0.2) is 0 Å². The third-order valence-electron chi connectivity index (χ3n) is 3.40. The van der Waals surface area contributed by atoms with E-state index in [0.717, 1.165) is 16.9 Å². The van der Waals surface area contributed by atoms with E-state index in [9.17, 15) is 4.79 Å². The Balaban J connectivity index is 2.02. The average Bonchev–Trinajstić information content (AvgIpc) is 2.95. The lowest BCUT2D eigenvalue weighted by atomic mass is 10.0. The van der Waals surface area contributed by atoms with Crippen molar-refractivity contribution in [3.05, 3.63) is 47.8 Å². The van der Waals surface area contributed by atoms with Gasteiger partial charge in [0.1, 0.15) is 6.17 Å². The highest BCUT2D eigenvalue weighted by molar-refractivity contribution is 6.01. The molecule has 2 aromatic rings. The predicted octanol–water partition coefficient (Wildman–Crippen LogP) is 2.63. The zero-order valence-electron chi connectivity index (χ0n) is 11.6. The summed E-state index contributed by atoms with van der Waals surface area (Å²) in [5.41, 5.74) is 2.49. The van der Waals surface area contributed by atoms with Crippen LogP contribution in [-0.2, 0) is 0 Å². The fraction of sp³-hybridized carbons (Fsp3) is 0.333. The summed E-state index contributed by atoms with van der Waals surface area (Å²) >= 11 is 0. The van der Waals surface area contributed by atoms with Crippen LogP contribution in [-0.4, -0.2) is 27.5 Å². The number of H-pyrrole nitrogens is 1. The lowest BCUT2D eigenvalue weighted by Gasteiger charge is -2.38. The summed E-state index contributed by atoms with van der Waals surface area (Å²) in [5, 5.41) is 10.4. The third-order valence-corrected chi connectivity index (χ3v) is 3.40. The van der Waals surface area contributed by atoms with Gasteiger partial charge in [-0.15, -0.1) is 0 Å². The van der Waals surface area contributed by atoms with Gasteiger partial charge >= 0.3 is 0 Å². The predicted molar refractivity (Wildman–Crippen MR) is 77.3 cm³/mol. The van der Waals surface area contributed by atoms with Crippen LogP contribution < -0.4 is 5.32 Å². The Bertz CT molecular complexity index is 606. The molecule has 2 N–H and O–H groups in total. The molecule has 0 fully saturated rings. The second-order valence-electron chi connectivity index (χ2n) is 5.46. The molecule has 104 valence electrons. The zero-order chi connectivity index (χ0) is 14.1. The minimum atomic E-state index is -0.192. The van der Waals surface area contributed by atoms with E-state index in [4.69, 9.17) is 0 Å². The average molecular weight is 270 g/mol. The highest BCUT2D eigenvalue weighted by Crippen LogP contribution is 2.32. The number of rotatable bonds is 3. The molecule has 1 amide bonds. The molecule has 0 bridgehead atoms. The quantitative estimate of drug-likeness (QED) is 0.901. The Hall–Kier alpha value is -2.30. The SMILES string of the molecule is CC(C)CN1C(=O)c2ccccc2NC1c1ccn[nH]1. The number of amides is 1. The topological polar surface area (TPSA) is 61.0 Å². The number of aromatic amines is 1. The first kappa shape index (κ1) is 12.7. The molecule has 1 aliphatic heterocycles. The summed E-state index contributed by atoms with van der Waals surface area (Å²) in [7, 11) is 0. The van der Waals surface area contributed by atoms with Gasteiger partial charge in [0.15, 0.2) is 0 Å². The highest BCUT2D eigenvalue weighted by atomic mass is 16.2. The lowest BCUT2D eigenvalue weighted by Crippen LogP contribution is -2.44. The van der Waals surface area contributed by atoms with Crippen LogP contribution in [0.25, 0.3) is 0 Å². The van der Waals surface area contributed by atoms with Crippen molar-refractivity contribution in [3.63, 3.8) is 0 Å². The van der Waals surface area contributed by atoms with E-state index in [0.29, 0.717) is 12.5 Å². The number of fused-ring (bicyclic) bond motifs is 1. The number of benzene rings is 1. The van der Waals surface area contributed by atoms with Gasteiger partial charge < -0.3 is 10.2 Å². The first-order valence-corrected chi connectivity index (χ1v) is 6.82. The van der Waals surface area contributed by atoms with Crippen molar-refractivity contribution < 1.29 is 4.79 Å². The summed E-state index contributed by atoms with van der Waals surface area (Å²) in [4.78, 5) is 14.6. The monoisotopic (exact) mass is 270 g/mol. The maximum atomic E-state index is 12.7. The maximum Gasteiger partial charge on any atom is 0.257 e. The van der Waals surface area contributed by atoms with E-state index < -0.39 is 0 Å². The number of carbonyl (C=O) groups excluding carboxylic acids is 1. The number of aromatic nitrogens is 2. The molecule has 0 radical (unpaired) electrons. The Morgan fingerprint density at radius 2 is 2.10 bits per heavy atom. The van der Waals surface area contributed by atoms with Crippen molar-refractivity contribution in [2.45, 2.75) is 20.0 Å². The highest BCUT2D eigenvalue weighted by Gasteiger charge is 2.33. The van der Waals surface area contributed by atoms with Crippen molar-refractivity contribution in [1.82, 2.24) is 15.1 Å². The summed E-state index contributed by atoms with van der Waals surface area (Å²) in [5.74, 6) is 0.462. The maximum absolute atomic E-state index is 12.7. The first-order chi connectivity index (χ1) is 9.66. The fourth-order valence-corrected chi connectivity index (χ4v) is 2.54. The molecule has 0 aliphatic carbocycles. The molecular weight excluding hydrogens is 252 g/mol. The standard InChI is InChI=1S/C15H18N4O/c1-10(2)9-19-14(13-7-8-16-18-13)17-12-6-4-3-5-11(12)15(19)20/h3-8,10,14,17H,9H2,1-2H3,(H,16,18). The van der Waals surface area contributed by atoms with Gasteiger partial charge in [-0.3, -0.25) is 9.89 Å². The minimum Gasteiger partial charge on any atom is -0.359 e. The van der Waals surface area contributed by atoms with E-state index in [2.05, 4.69) is 29.4 Å². The van der Waals surface area contributed by atoms with E-state index in [-0.39, 0.29) is 12.1 Å². The number of hydrogen-bond donors (Lipinski definition) is 2. The summed E-state index contributed by atoms with van der Waals surface area (Å²) in [6.07, 6.45) is 1.51. The second-order valence-corrected chi connectivity index (χ2v) is 5.46. The molecule has 1 aromatic heterocycles. The molecule has 0 saturated heterocycles. The largest absolute Gasteiger partial charge is 0.359 e. The number of para-hydroxylation sites is 1. The van der Waals surface area contributed by atoms with Gasteiger partial charge in [0.05, 0.1) is 11.3 Å². The van der Waals surface area contributed by atoms with Crippen LogP contribution in [0.1, 0.15) is 36.1 Å². The Labute approximate surface area is 118 Å². The normalized spacial score (nSPS) is 18.1. The smallest absolute Gasteiger partial charge is 0.257 e. The fourth-order valence-electron chi connectivity index (χ4n) is 2.54. The second kappa shape index (κ2) is 5.00. The van der Waals surface area contributed by atoms with Crippen molar-refractivity contribution in [3.8, 4) is 0 Å². The molecule has 3 rings (SSSR count). The first-order valence-electron chi connectivity index (χ1n) is 6.82. The minimum absolute atomic E-state index is 0.0626. The molecule has 2 heterocycles. The van der Waals surface area contributed by atoms with Gasteiger partial charge in [0.25, 0.3) is 5.91 Å². The summed E-state index contributed by atoms with van der Waals surface area (Å²) in [6.45, 7) is 4.92. The van der Waals surface area contributed by atoms with Crippen LogP contribution in [0.4, 0.5) is 5.69 Å². The molecule has 1 unspecified atom stereocenters. The number of nitrogens with zero attached hydrogens (tertiary/aromatic N) is 2. The molecule has 1 atom stereocenters. The van der Waals surface area contributed by atoms with Crippen LogP contribution in [0.15, 0.2) is 36.5 Å². The van der Waals surface area contributed by atoms with Crippen molar-refractivity contribution in [2.75, 3.05) is 11.9 Å². The molecule has 5 heteroatoms. The van der Waals surface area contributed by atoms with Crippen molar-refractivity contribution in [2.24, 2.45) is 5.92 Å². The Morgan fingerprint density at radius 3 is 2.80 bits per heavy atom. The van der Waals surface area contributed by atoms with E-state index >= 15 is 0 Å². The van der Waals surface area contributed by atoms with Gasteiger partial charge in [-0.1, -0.05) is 26.0 Å². The number of anilines is 1. The molecule has 1 aliphatic rings. The number of carbonyl (C=O) groups is 1. The number of nitrogens with one attached hydrogen (secondary N) is 2. The zero-order valence-corrected chi connectivity index (χ0v) is 11.6.